The molecule has 438 valence electrons. The number of amides is 1. The quantitative estimate of drug-likeness (QED) is 0.0320. The van der Waals surface area contributed by atoms with Crippen molar-refractivity contribution < 1.29 is 24.5 Å². The third-order valence-electron chi connectivity index (χ3n) is 15.7. The van der Waals surface area contributed by atoms with Crippen LogP contribution in [-0.2, 0) is 14.3 Å². The average Bonchev–Trinajstić information content (AvgIpc) is 3.40. The third kappa shape index (κ3) is 59.6. The first kappa shape index (κ1) is 72.3. The number of rotatable bonds is 63. The fourth-order valence-corrected chi connectivity index (χ4v) is 10.6. The van der Waals surface area contributed by atoms with Crippen LogP contribution >= 0.6 is 0 Å². The summed E-state index contributed by atoms with van der Waals surface area (Å²) in [7, 11) is 0. The summed E-state index contributed by atoms with van der Waals surface area (Å²) in [6.07, 6.45) is 79.4. The Morgan fingerprint density at radius 3 is 0.959 bits per heavy atom. The average molecular weight is 1040 g/mol. The van der Waals surface area contributed by atoms with Crippen LogP contribution in [0.2, 0.25) is 0 Å². The van der Waals surface area contributed by atoms with Crippen LogP contribution in [0.5, 0.6) is 0 Å². The standard InChI is InChI=1S/C68H131NO5/c1-3-5-7-9-11-13-15-16-35-39-42-46-50-54-58-62-68(73)74-63-59-55-51-47-43-40-37-34-32-30-28-26-24-22-20-18-17-19-21-23-25-27-29-31-33-36-38-41-45-49-53-57-61-67(72)69-65(64-70)66(71)60-56-52-48-44-14-12-10-8-6-4-2/h16,20,22,35,65-66,70-71H,3-15,17-19,21,23-34,36-64H2,1-2H3,(H,69,72)/b22-20-,35-16-. The highest BCUT2D eigenvalue weighted by atomic mass is 16.5. The van der Waals surface area contributed by atoms with E-state index in [0.717, 1.165) is 44.9 Å². The number of carbonyl (C=O) groups is 2. The van der Waals surface area contributed by atoms with E-state index in [4.69, 9.17) is 4.74 Å². The van der Waals surface area contributed by atoms with E-state index in [1.54, 1.807) is 0 Å². The van der Waals surface area contributed by atoms with E-state index in [1.807, 2.05) is 0 Å². The summed E-state index contributed by atoms with van der Waals surface area (Å²) < 4.78 is 5.49. The zero-order chi connectivity index (χ0) is 53.6. The Labute approximate surface area is 462 Å². The van der Waals surface area contributed by atoms with Crippen molar-refractivity contribution in [2.24, 2.45) is 0 Å². The maximum atomic E-state index is 12.4. The number of hydrogen-bond donors (Lipinski definition) is 3. The van der Waals surface area contributed by atoms with Crippen molar-refractivity contribution in [3.05, 3.63) is 24.3 Å². The van der Waals surface area contributed by atoms with Crippen LogP contribution in [0.4, 0.5) is 0 Å². The lowest BCUT2D eigenvalue weighted by atomic mass is 10.0. The zero-order valence-corrected chi connectivity index (χ0v) is 50.1. The van der Waals surface area contributed by atoms with Gasteiger partial charge in [0.25, 0.3) is 0 Å². The van der Waals surface area contributed by atoms with Gasteiger partial charge in [-0.1, -0.05) is 308 Å². The second kappa shape index (κ2) is 63.9. The molecule has 0 aromatic carbocycles. The summed E-state index contributed by atoms with van der Waals surface area (Å²) in [6, 6.07) is -0.537. The molecular weight excluding hydrogens is 911 g/mol. The van der Waals surface area contributed by atoms with Crippen molar-refractivity contribution >= 4 is 11.9 Å². The molecule has 74 heavy (non-hydrogen) atoms. The van der Waals surface area contributed by atoms with Crippen LogP contribution in [0.25, 0.3) is 0 Å². The van der Waals surface area contributed by atoms with Crippen molar-refractivity contribution in [1.29, 1.82) is 0 Å². The number of unbranched alkanes of at least 4 members (excludes halogenated alkanes) is 48. The van der Waals surface area contributed by atoms with E-state index in [-0.39, 0.29) is 18.5 Å². The number of aliphatic hydroxyl groups is 2. The van der Waals surface area contributed by atoms with Gasteiger partial charge in [-0.15, -0.1) is 0 Å². The maximum absolute atomic E-state index is 12.4. The minimum atomic E-state index is -0.660. The van der Waals surface area contributed by atoms with Gasteiger partial charge in [0, 0.05) is 12.8 Å². The fourth-order valence-electron chi connectivity index (χ4n) is 10.6. The number of carbonyl (C=O) groups excluding carboxylic acids is 2. The molecule has 6 nitrogen and oxygen atoms in total. The van der Waals surface area contributed by atoms with E-state index in [9.17, 15) is 19.8 Å². The molecule has 2 unspecified atom stereocenters. The lowest BCUT2D eigenvalue weighted by Gasteiger charge is -2.22. The number of hydrogen-bond acceptors (Lipinski definition) is 5. The highest BCUT2D eigenvalue weighted by Gasteiger charge is 2.20. The predicted molar refractivity (Wildman–Crippen MR) is 324 cm³/mol. The van der Waals surface area contributed by atoms with Gasteiger partial charge in [0.2, 0.25) is 5.91 Å². The summed E-state index contributed by atoms with van der Waals surface area (Å²) in [5.41, 5.74) is 0. The van der Waals surface area contributed by atoms with Gasteiger partial charge in [0.15, 0.2) is 0 Å². The van der Waals surface area contributed by atoms with Gasteiger partial charge < -0.3 is 20.3 Å². The smallest absolute Gasteiger partial charge is 0.305 e. The molecular formula is C68H131NO5. The minimum absolute atomic E-state index is 0.0106. The summed E-state index contributed by atoms with van der Waals surface area (Å²) in [5, 5.41) is 23.2. The summed E-state index contributed by atoms with van der Waals surface area (Å²) in [6.45, 7) is 4.95. The Hall–Kier alpha value is -1.66. The van der Waals surface area contributed by atoms with Crippen molar-refractivity contribution in [2.75, 3.05) is 13.2 Å². The molecule has 0 saturated carbocycles. The molecule has 0 rings (SSSR count). The molecule has 0 aliphatic heterocycles. The molecule has 0 heterocycles. The van der Waals surface area contributed by atoms with Gasteiger partial charge in [-0.05, 0) is 77.0 Å². The van der Waals surface area contributed by atoms with E-state index in [2.05, 4.69) is 43.5 Å². The first-order valence-electron chi connectivity index (χ1n) is 33.6. The molecule has 0 bridgehead atoms. The van der Waals surface area contributed by atoms with Crippen molar-refractivity contribution in [3.63, 3.8) is 0 Å². The van der Waals surface area contributed by atoms with Gasteiger partial charge >= 0.3 is 5.97 Å². The Bertz CT molecular complexity index is 1150. The first-order chi connectivity index (χ1) is 36.5. The van der Waals surface area contributed by atoms with E-state index < -0.39 is 12.1 Å². The minimum Gasteiger partial charge on any atom is -0.466 e. The van der Waals surface area contributed by atoms with E-state index >= 15 is 0 Å². The molecule has 0 aromatic heterocycles. The van der Waals surface area contributed by atoms with Crippen LogP contribution in [0.1, 0.15) is 373 Å². The molecule has 0 aromatic rings. The molecule has 0 aliphatic carbocycles. The fraction of sp³-hybridized carbons (Fsp3) is 0.912. The van der Waals surface area contributed by atoms with Crippen LogP contribution in [0, 0.1) is 0 Å². The van der Waals surface area contributed by atoms with Crippen LogP contribution in [0.3, 0.4) is 0 Å². The molecule has 2 atom stereocenters. The van der Waals surface area contributed by atoms with E-state index in [1.165, 1.54) is 295 Å². The van der Waals surface area contributed by atoms with Crippen molar-refractivity contribution in [3.8, 4) is 0 Å². The second-order valence-electron chi connectivity index (χ2n) is 23.1. The molecule has 3 N–H and O–H groups in total. The maximum Gasteiger partial charge on any atom is 0.305 e. The number of ether oxygens (including phenoxy) is 1. The monoisotopic (exact) mass is 1040 g/mol. The van der Waals surface area contributed by atoms with Crippen LogP contribution in [-0.4, -0.2) is 47.4 Å². The SMILES string of the molecule is CCCCCCCC/C=C\CCCCCCCC(=O)OCCCCCCCCCCCCCC/C=C\CCCCCCCCCCCCCCCCCCC(=O)NC(CO)C(O)CCCCCCCCCCCC. The summed E-state index contributed by atoms with van der Waals surface area (Å²) in [4.78, 5) is 24.5. The Balaban J connectivity index is 3.32. The van der Waals surface area contributed by atoms with Gasteiger partial charge in [0.05, 0.1) is 25.4 Å². The van der Waals surface area contributed by atoms with E-state index in [0.29, 0.717) is 25.9 Å². The zero-order valence-electron chi connectivity index (χ0n) is 50.1. The van der Waals surface area contributed by atoms with Gasteiger partial charge in [-0.25, -0.2) is 0 Å². The highest BCUT2D eigenvalue weighted by molar-refractivity contribution is 5.76. The van der Waals surface area contributed by atoms with Gasteiger partial charge in [-0.2, -0.15) is 0 Å². The number of esters is 1. The van der Waals surface area contributed by atoms with Gasteiger partial charge in [-0.3, -0.25) is 9.59 Å². The molecule has 0 spiro atoms. The van der Waals surface area contributed by atoms with Crippen molar-refractivity contribution in [2.45, 2.75) is 386 Å². The first-order valence-corrected chi connectivity index (χ1v) is 33.6. The van der Waals surface area contributed by atoms with Crippen LogP contribution in [0.15, 0.2) is 24.3 Å². The third-order valence-corrected chi connectivity index (χ3v) is 15.7. The lowest BCUT2D eigenvalue weighted by molar-refractivity contribution is -0.143. The Kier molecular flexibility index (Phi) is 62.4. The normalized spacial score (nSPS) is 12.6. The molecule has 1 amide bonds. The lowest BCUT2D eigenvalue weighted by Crippen LogP contribution is -2.45. The molecule has 0 radical (unpaired) electrons. The number of allylic oxidation sites excluding steroid dienone is 4. The van der Waals surface area contributed by atoms with Crippen LogP contribution < -0.4 is 5.32 Å². The number of aliphatic hydroxyl groups excluding tert-OH is 2. The Morgan fingerprint density at radius 2 is 0.635 bits per heavy atom. The molecule has 0 saturated heterocycles. The topological polar surface area (TPSA) is 95.9 Å². The molecule has 0 aliphatic rings. The predicted octanol–water partition coefficient (Wildman–Crippen LogP) is 21.4. The summed E-state index contributed by atoms with van der Waals surface area (Å²) >= 11 is 0. The summed E-state index contributed by atoms with van der Waals surface area (Å²) in [5.74, 6) is -0.0219. The molecule has 6 heteroatoms. The van der Waals surface area contributed by atoms with Gasteiger partial charge in [0.1, 0.15) is 0 Å². The second-order valence-corrected chi connectivity index (χ2v) is 23.1. The highest BCUT2D eigenvalue weighted by Crippen LogP contribution is 2.18. The largest absolute Gasteiger partial charge is 0.466 e. The Morgan fingerprint density at radius 1 is 0.365 bits per heavy atom. The molecule has 0 fully saturated rings. The number of nitrogens with one attached hydrogen (secondary N) is 1. The van der Waals surface area contributed by atoms with Crippen molar-refractivity contribution in [1.82, 2.24) is 5.32 Å².